The van der Waals surface area contributed by atoms with E-state index in [0.717, 1.165) is 4.31 Å². The van der Waals surface area contributed by atoms with Crippen LogP contribution in [0.15, 0.2) is 0 Å². The molecule has 0 saturated heterocycles. The molecule has 0 bridgehead atoms. The first kappa shape index (κ1) is 11.8. The SMILES string of the molecule is COCCS(=O)(=O)N(C)CCO. The Labute approximate surface area is 73.0 Å². The predicted octanol–water partition coefficient (Wildman–Crippen LogP) is -1.11. The second-order valence-corrected chi connectivity index (χ2v) is 4.55. The van der Waals surface area contributed by atoms with Gasteiger partial charge in [0.05, 0.1) is 19.0 Å². The number of methoxy groups -OCH3 is 1. The average molecular weight is 197 g/mol. The van der Waals surface area contributed by atoms with Crippen LogP contribution in [0.3, 0.4) is 0 Å². The van der Waals surface area contributed by atoms with Gasteiger partial charge in [-0.1, -0.05) is 0 Å². The number of sulfonamides is 1. The van der Waals surface area contributed by atoms with Crippen LogP contribution in [0, 0.1) is 0 Å². The maximum absolute atomic E-state index is 11.2. The van der Waals surface area contributed by atoms with Crippen molar-refractivity contribution in [1.82, 2.24) is 4.31 Å². The Kier molecular flexibility index (Phi) is 5.39. The van der Waals surface area contributed by atoms with Crippen LogP contribution in [0.2, 0.25) is 0 Å². The summed E-state index contributed by atoms with van der Waals surface area (Å²) in [6, 6.07) is 0. The Hall–Kier alpha value is -0.170. The van der Waals surface area contributed by atoms with Crippen LogP contribution in [0.1, 0.15) is 0 Å². The standard InChI is InChI=1S/C6H15NO4S/c1-7(3-4-8)12(9,10)6-5-11-2/h8H,3-6H2,1-2H3. The number of hydrogen-bond acceptors (Lipinski definition) is 4. The monoisotopic (exact) mass is 197 g/mol. The van der Waals surface area contributed by atoms with Gasteiger partial charge >= 0.3 is 0 Å². The van der Waals surface area contributed by atoms with Gasteiger partial charge in [0.25, 0.3) is 0 Å². The average Bonchev–Trinajstić information content (AvgIpc) is 2.01. The number of hydrogen-bond donors (Lipinski definition) is 1. The van der Waals surface area contributed by atoms with Gasteiger partial charge in [0.2, 0.25) is 10.0 Å². The number of likely N-dealkylation sites (N-methyl/N-ethyl adjacent to an activating group) is 1. The summed E-state index contributed by atoms with van der Waals surface area (Å²) in [6.45, 7) is 0.146. The lowest BCUT2D eigenvalue weighted by Gasteiger charge is -2.14. The maximum Gasteiger partial charge on any atom is 0.216 e. The van der Waals surface area contributed by atoms with Gasteiger partial charge in [-0.2, -0.15) is 0 Å². The Bertz CT molecular complexity index is 202. The van der Waals surface area contributed by atoms with Crippen LogP contribution in [0.5, 0.6) is 0 Å². The van der Waals surface area contributed by atoms with Gasteiger partial charge in [-0.25, -0.2) is 12.7 Å². The highest BCUT2D eigenvalue weighted by atomic mass is 32.2. The third-order valence-electron chi connectivity index (χ3n) is 1.44. The molecule has 0 fully saturated rings. The minimum Gasteiger partial charge on any atom is -0.395 e. The zero-order chi connectivity index (χ0) is 9.61. The second kappa shape index (κ2) is 5.47. The summed E-state index contributed by atoms with van der Waals surface area (Å²) < 4.78 is 28.2. The molecular weight excluding hydrogens is 182 g/mol. The molecule has 0 aliphatic heterocycles. The lowest BCUT2D eigenvalue weighted by atomic mass is 10.7. The van der Waals surface area contributed by atoms with Gasteiger partial charge in [0.1, 0.15) is 0 Å². The van der Waals surface area contributed by atoms with Crippen molar-refractivity contribution < 1.29 is 18.3 Å². The van der Waals surface area contributed by atoms with Crippen molar-refractivity contribution in [2.75, 3.05) is 39.7 Å². The van der Waals surface area contributed by atoms with Crippen molar-refractivity contribution in [3.8, 4) is 0 Å². The van der Waals surface area contributed by atoms with Crippen LogP contribution >= 0.6 is 0 Å². The van der Waals surface area contributed by atoms with Crippen LogP contribution in [0.25, 0.3) is 0 Å². The third-order valence-corrected chi connectivity index (χ3v) is 3.25. The maximum atomic E-state index is 11.2. The Morgan fingerprint density at radius 2 is 2.08 bits per heavy atom. The Balaban J connectivity index is 4.01. The molecule has 0 aromatic heterocycles. The molecule has 0 aromatic rings. The van der Waals surface area contributed by atoms with Crippen molar-refractivity contribution in [3.05, 3.63) is 0 Å². The van der Waals surface area contributed by atoms with Gasteiger partial charge in [-0.3, -0.25) is 0 Å². The summed E-state index contributed by atoms with van der Waals surface area (Å²) >= 11 is 0. The topological polar surface area (TPSA) is 66.8 Å². The van der Waals surface area contributed by atoms with E-state index >= 15 is 0 Å². The molecule has 1 N–H and O–H groups in total. The predicted molar refractivity (Wildman–Crippen MR) is 45.4 cm³/mol. The number of rotatable bonds is 6. The minimum absolute atomic E-state index is 0.0417. The summed E-state index contributed by atoms with van der Waals surface area (Å²) in [5, 5.41) is 8.49. The molecule has 0 unspecified atom stereocenters. The van der Waals surface area contributed by atoms with Gasteiger partial charge in [-0.15, -0.1) is 0 Å². The highest BCUT2D eigenvalue weighted by Gasteiger charge is 2.15. The molecule has 0 rings (SSSR count). The molecule has 0 aliphatic carbocycles. The van der Waals surface area contributed by atoms with E-state index in [-0.39, 0.29) is 25.5 Å². The summed E-state index contributed by atoms with van der Waals surface area (Å²) in [5.41, 5.74) is 0. The van der Waals surface area contributed by atoms with Gasteiger partial charge in [0, 0.05) is 20.7 Å². The van der Waals surface area contributed by atoms with E-state index in [9.17, 15) is 8.42 Å². The lowest BCUT2D eigenvalue weighted by Crippen LogP contribution is -2.32. The van der Waals surface area contributed by atoms with Crippen molar-refractivity contribution in [3.63, 3.8) is 0 Å². The van der Waals surface area contributed by atoms with Crippen LogP contribution < -0.4 is 0 Å². The molecule has 0 saturated carbocycles. The van der Waals surface area contributed by atoms with E-state index in [1.54, 1.807) is 0 Å². The largest absolute Gasteiger partial charge is 0.395 e. The smallest absolute Gasteiger partial charge is 0.216 e. The Morgan fingerprint density at radius 3 is 2.50 bits per heavy atom. The number of aliphatic hydroxyl groups excluding tert-OH is 1. The molecule has 0 atom stereocenters. The molecule has 0 amide bonds. The first-order valence-corrected chi connectivity index (χ1v) is 5.19. The summed E-state index contributed by atoms with van der Waals surface area (Å²) in [7, 11) is -0.358. The zero-order valence-corrected chi connectivity index (χ0v) is 8.17. The van der Waals surface area contributed by atoms with E-state index in [0.29, 0.717) is 0 Å². The number of aliphatic hydroxyl groups is 1. The number of nitrogens with zero attached hydrogens (tertiary/aromatic N) is 1. The van der Waals surface area contributed by atoms with E-state index in [2.05, 4.69) is 4.74 Å². The fourth-order valence-corrected chi connectivity index (χ4v) is 1.67. The lowest BCUT2D eigenvalue weighted by molar-refractivity contribution is 0.214. The first-order chi connectivity index (χ1) is 5.54. The van der Waals surface area contributed by atoms with E-state index < -0.39 is 10.0 Å². The second-order valence-electron chi connectivity index (χ2n) is 2.35. The number of ether oxygens (including phenoxy) is 1. The van der Waals surface area contributed by atoms with Crippen molar-refractivity contribution in [2.24, 2.45) is 0 Å². The minimum atomic E-state index is -3.24. The van der Waals surface area contributed by atoms with Crippen LogP contribution in [-0.4, -0.2) is 57.5 Å². The quantitative estimate of drug-likeness (QED) is 0.586. The molecule has 0 aromatic carbocycles. The van der Waals surface area contributed by atoms with Crippen molar-refractivity contribution >= 4 is 10.0 Å². The first-order valence-electron chi connectivity index (χ1n) is 3.58. The molecule has 12 heavy (non-hydrogen) atoms. The molecule has 0 heterocycles. The van der Waals surface area contributed by atoms with E-state index in [4.69, 9.17) is 5.11 Å². The highest BCUT2D eigenvalue weighted by Crippen LogP contribution is 1.96. The molecule has 0 radical (unpaired) electrons. The molecule has 6 heteroatoms. The molecule has 5 nitrogen and oxygen atoms in total. The zero-order valence-electron chi connectivity index (χ0n) is 7.36. The Morgan fingerprint density at radius 1 is 1.50 bits per heavy atom. The van der Waals surface area contributed by atoms with Gasteiger partial charge < -0.3 is 9.84 Å². The molecule has 74 valence electrons. The van der Waals surface area contributed by atoms with Crippen LogP contribution in [-0.2, 0) is 14.8 Å². The molecular formula is C6H15NO4S. The normalized spacial score (nSPS) is 12.3. The van der Waals surface area contributed by atoms with E-state index in [1.807, 2.05) is 0 Å². The summed E-state index contributed by atoms with van der Waals surface area (Å²) in [5.74, 6) is -0.0417. The fraction of sp³-hybridized carbons (Fsp3) is 1.00. The van der Waals surface area contributed by atoms with Gasteiger partial charge in [0.15, 0.2) is 0 Å². The molecule has 0 aliphatic rings. The van der Waals surface area contributed by atoms with Crippen LogP contribution in [0.4, 0.5) is 0 Å². The van der Waals surface area contributed by atoms with E-state index in [1.165, 1.54) is 14.2 Å². The fourth-order valence-electron chi connectivity index (χ4n) is 0.624. The summed E-state index contributed by atoms with van der Waals surface area (Å²) in [6.07, 6.45) is 0. The van der Waals surface area contributed by atoms with Gasteiger partial charge in [-0.05, 0) is 0 Å². The van der Waals surface area contributed by atoms with Crippen molar-refractivity contribution in [2.45, 2.75) is 0 Å². The van der Waals surface area contributed by atoms with Crippen molar-refractivity contribution in [1.29, 1.82) is 0 Å². The molecule has 0 spiro atoms. The highest BCUT2D eigenvalue weighted by molar-refractivity contribution is 7.89. The third kappa shape index (κ3) is 4.01. The summed E-state index contributed by atoms with van der Waals surface area (Å²) in [4.78, 5) is 0.